The quantitative estimate of drug-likeness (QED) is 0.307. The summed E-state index contributed by atoms with van der Waals surface area (Å²) in [7, 11) is 0. The van der Waals surface area contributed by atoms with Crippen LogP contribution in [-0.4, -0.2) is 21.9 Å². The molecule has 45 heavy (non-hydrogen) atoms. The first kappa shape index (κ1) is 41.4. The second-order valence-corrected chi connectivity index (χ2v) is 15.4. The molecule has 0 aliphatic heterocycles. The van der Waals surface area contributed by atoms with E-state index in [2.05, 4.69) is 72.6 Å². The van der Waals surface area contributed by atoms with E-state index in [-0.39, 0.29) is 6.10 Å². The van der Waals surface area contributed by atoms with E-state index in [1.54, 1.807) is 11.1 Å². The van der Waals surface area contributed by atoms with Crippen molar-refractivity contribution < 1.29 is 10.2 Å². The topological polar surface area (TPSA) is 40.5 Å². The zero-order chi connectivity index (χ0) is 33.8. The van der Waals surface area contributed by atoms with Crippen LogP contribution in [0.25, 0.3) is 0 Å². The van der Waals surface area contributed by atoms with Crippen LogP contribution in [0.15, 0.2) is 71.9 Å². The van der Waals surface area contributed by atoms with E-state index in [1.807, 2.05) is 19.9 Å². The molecule has 0 aromatic heterocycles. The third-order valence-electron chi connectivity index (χ3n) is 10.4. The Morgan fingerprint density at radius 1 is 0.733 bits per heavy atom. The lowest BCUT2D eigenvalue weighted by molar-refractivity contribution is 0.0903. The molecule has 1 unspecified atom stereocenters. The Morgan fingerprint density at radius 3 is 1.62 bits per heavy atom. The maximum absolute atomic E-state index is 9.56. The van der Waals surface area contributed by atoms with Crippen molar-refractivity contribution in [3.8, 4) is 0 Å². The van der Waals surface area contributed by atoms with E-state index < -0.39 is 5.60 Å². The molecule has 0 bridgehead atoms. The lowest BCUT2D eigenvalue weighted by atomic mass is 9.79. The average molecular weight is 623 g/mol. The van der Waals surface area contributed by atoms with Crippen LogP contribution in [0.5, 0.6) is 0 Å². The van der Waals surface area contributed by atoms with Gasteiger partial charge in [0.25, 0.3) is 0 Å². The first-order valence-corrected chi connectivity index (χ1v) is 18.6. The fraction of sp³-hybridized carbons (Fsp3) is 0.721. The molecule has 2 nitrogen and oxygen atoms in total. The van der Waals surface area contributed by atoms with Crippen LogP contribution >= 0.6 is 0 Å². The first-order chi connectivity index (χ1) is 21.2. The summed E-state index contributed by atoms with van der Waals surface area (Å²) >= 11 is 0. The van der Waals surface area contributed by atoms with Crippen LogP contribution in [0.2, 0.25) is 0 Å². The molecule has 5 atom stereocenters. The molecule has 2 N–H and O–H groups in total. The predicted octanol–water partition coefficient (Wildman–Crippen LogP) is 12.8. The Hall–Kier alpha value is -1.64. The van der Waals surface area contributed by atoms with Crippen LogP contribution in [0.4, 0.5) is 0 Å². The largest absolute Gasteiger partial charge is 0.393 e. The molecule has 5 aliphatic carbocycles. The van der Waals surface area contributed by atoms with Crippen molar-refractivity contribution in [2.75, 3.05) is 0 Å². The van der Waals surface area contributed by atoms with E-state index in [0.717, 1.165) is 37.5 Å². The van der Waals surface area contributed by atoms with Gasteiger partial charge in [-0.2, -0.15) is 0 Å². The van der Waals surface area contributed by atoms with E-state index in [9.17, 15) is 5.11 Å². The minimum atomic E-state index is -0.577. The van der Waals surface area contributed by atoms with Crippen molar-refractivity contribution in [2.45, 2.75) is 176 Å². The summed E-state index contributed by atoms with van der Waals surface area (Å²) < 4.78 is 0. The maximum Gasteiger partial charge on any atom is 0.0800 e. The Bertz CT molecular complexity index is 939. The van der Waals surface area contributed by atoms with Gasteiger partial charge in [0.15, 0.2) is 0 Å². The molecule has 0 heterocycles. The monoisotopic (exact) mass is 623 g/mol. The normalized spacial score (nSPS) is 29.6. The maximum atomic E-state index is 9.56. The summed E-state index contributed by atoms with van der Waals surface area (Å²) in [6, 6.07) is 0. The van der Waals surface area contributed by atoms with Crippen LogP contribution in [0.3, 0.4) is 0 Å². The summed E-state index contributed by atoms with van der Waals surface area (Å²) in [5.74, 6) is 2.69. The van der Waals surface area contributed by atoms with Gasteiger partial charge in [0.2, 0.25) is 0 Å². The highest BCUT2D eigenvalue weighted by atomic mass is 16.3. The van der Waals surface area contributed by atoms with Gasteiger partial charge in [0.05, 0.1) is 11.7 Å². The molecule has 0 aromatic carbocycles. The third-order valence-corrected chi connectivity index (χ3v) is 10.4. The van der Waals surface area contributed by atoms with Crippen molar-refractivity contribution >= 4 is 0 Å². The van der Waals surface area contributed by atoms with Crippen LogP contribution in [0.1, 0.15) is 164 Å². The summed E-state index contributed by atoms with van der Waals surface area (Å²) in [5.41, 5.74) is 6.42. The van der Waals surface area contributed by atoms with E-state index in [4.69, 9.17) is 5.11 Å². The number of rotatable bonds is 3. The van der Waals surface area contributed by atoms with Crippen molar-refractivity contribution in [1.29, 1.82) is 0 Å². The minimum absolute atomic E-state index is 0.0359. The summed E-state index contributed by atoms with van der Waals surface area (Å²) in [5, 5.41) is 18.5. The Morgan fingerprint density at radius 2 is 1.27 bits per heavy atom. The first-order valence-electron chi connectivity index (χ1n) is 18.6. The average Bonchev–Trinajstić information content (AvgIpc) is 2.99. The van der Waals surface area contributed by atoms with Gasteiger partial charge in [0.1, 0.15) is 0 Å². The lowest BCUT2D eigenvalue weighted by Crippen LogP contribution is -2.25. The minimum Gasteiger partial charge on any atom is -0.393 e. The SMILES string of the molecule is C1CCCCC1.C=C(C)[C@@H]1CCC(C)=C[C@H]1C.C=C(C)[C@H]1C=CC(C)(O)CC1.C=C(C)[C@H]1CC=C(C)CC1.OC1CCCCC1. The Balaban J connectivity index is 0.000000286. The highest BCUT2D eigenvalue weighted by Crippen LogP contribution is 2.32. The molecular formula is C43H74O2. The molecule has 2 heteroatoms. The number of hydrogen-bond acceptors (Lipinski definition) is 2. The van der Waals surface area contributed by atoms with Crippen LogP contribution < -0.4 is 0 Å². The zero-order valence-corrected chi connectivity index (χ0v) is 30.9. The number of allylic oxidation sites excluding steroid dienone is 8. The van der Waals surface area contributed by atoms with Crippen molar-refractivity contribution in [3.05, 3.63) is 71.9 Å². The van der Waals surface area contributed by atoms with Gasteiger partial charge in [-0.25, -0.2) is 0 Å². The fourth-order valence-corrected chi connectivity index (χ4v) is 6.91. The Kier molecular flexibility index (Phi) is 21.0. The van der Waals surface area contributed by atoms with Crippen LogP contribution in [0, 0.1) is 23.7 Å². The molecule has 0 amide bonds. The second-order valence-electron chi connectivity index (χ2n) is 15.4. The molecular weight excluding hydrogens is 548 g/mol. The summed E-state index contributed by atoms with van der Waals surface area (Å²) in [6.07, 6.45) is 31.9. The molecule has 2 saturated carbocycles. The highest BCUT2D eigenvalue weighted by molar-refractivity contribution is 5.15. The highest BCUT2D eigenvalue weighted by Gasteiger charge is 2.23. The van der Waals surface area contributed by atoms with Crippen LogP contribution in [-0.2, 0) is 0 Å². The molecule has 0 aromatic rings. The van der Waals surface area contributed by atoms with E-state index in [1.165, 1.54) is 107 Å². The third kappa shape index (κ3) is 19.6. The summed E-state index contributed by atoms with van der Waals surface area (Å²) in [4.78, 5) is 0. The molecule has 5 aliphatic rings. The van der Waals surface area contributed by atoms with Gasteiger partial charge >= 0.3 is 0 Å². The van der Waals surface area contributed by atoms with Crippen molar-refractivity contribution in [1.82, 2.24) is 0 Å². The standard InChI is InChI=1S/C11H18.C10H16O.C10H16.C6H12O.C6H12/c1-8(2)11-6-5-9(3)7-10(11)4;1-8(2)9-4-6-10(3,11)7-5-9;1-8(2)10-6-4-9(3)5-7-10;7-6-4-2-1-3-5-6;1-2-4-6-5-3-1/h7,10-11H,1,5-6H2,2-4H3;4,6,9,11H,1,5,7H2,2-3H3;4,10H,1,5-7H2,2-3H3;6-7H,1-5H2;1-6H2/t10-,11+;9-,10?;10-;;/m100../s1. The smallest absolute Gasteiger partial charge is 0.0800 e. The predicted molar refractivity (Wildman–Crippen MR) is 200 cm³/mol. The number of hydrogen-bond donors (Lipinski definition) is 2. The van der Waals surface area contributed by atoms with Gasteiger partial charge in [-0.3, -0.25) is 0 Å². The summed E-state index contributed by atoms with van der Waals surface area (Å²) in [6.45, 7) is 26.8. The van der Waals surface area contributed by atoms with Gasteiger partial charge in [-0.1, -0.05) is 137 Å². The Labute approximate surface area is 281 Å². The van der Waals surface area contributed by atoms with Gasteiger partial charge in [-0.05, 0) is 123 Å². The van der Waals surface area contributed by atoms with E-state index in [0.29, 0.717) is 11.8 Å². The van der Waals surface area contributed by atoms with Gasteiger partial charge < -0.3 is 10.2 Å². The molecule has 0 radical (unpaired) electrons. The molecule has 258 valence electrons. The molecule has 0 saturated heterocycles. The van der Waals surface area contributed by atoms with Crippen molar-refractivity contribution in [2.24, 2.45) is 23.7 Å². The second kappa shape index (κ2) is 22.8. The van der Waals surface area contributed by atoms with Gasteiger partial charge in [0, 0.05) is 0 Å². The lowest BCUT2D eigenvalue weighted by Gasteiger charge is -2.27. The molecule has 2 fully saturated rings. The number of aliphatic hydroxyl groups is 2. The zero-order valence-electron chi connectivity index (χ0n) is 30.9. The molecule has 5 rings (SSSR count). The molecule has 0 spiro atoms. The van der Waals surface area contributed by atoms with Crippen molar-refractivity contribution in [3.63, 3.8) is 0 Å². The van der Waals surface area contributed by atoms with Gasteiger partial charge in [-0.15, -0.1) is 0 Å². The fourth-order valence-electron chi connectivity index (χ4n) is 6.91. The number of aliphatic hydroxyl groups excluding tert-OH is 1. The van der Waals surface area contributed by atoms with E-state index >= 15 is 0 Å².